The van der Waals surface area contributed by atoms with E-state index in [0.717, 1.165) is 55.7 Å². The molecule has 0 amide bonds. The van der Waals surface area contributed by atoms with Gasteiger partial charge in [0.25, 0.3) is 0 Å². The molecule has 0 saturated heterocycles. The predicted molar refractivity (Wildman–Crippen MR) is 170 cm³/mol. The zero-order chi connectivity index (χ0) is 31.9. The molecular formula is C34H44F3N7. The second-order valence-corrected chi connectivity index (χ2v) is 14.0. The van der Waals surface area contributed by atoms with Crippen molar-refractivity contribution in [2.45, 2.75) is 115 Å². The summed E-state index contributed by atoms with van der Waals surface area (Å²) in [6.07, 6.45) is 8.88. The van der Waals surface area contributed by atoms with E-state index in [-0.39, 0.29) is 10.8 Å². The molecule has 2 aliphatic rings. The number of anilines is 2. The summed E-state index contributed by atoms with van der Waals surface area (Å²) in [5, 5.41) is 3.88. The van der Waals surface area contributed by atoms with Crippen LogP contribution in [-0.4, -0.2) is 31.5 Å². The fourth-order valence-corrected chi connectivity index (χ4v) is 6.64. The molecule has 0 atom stereocenters. The van der Waals surface area contributed by atoms with E-state index < -0.39 is 17.4 Å². The number of rotatable bonds is 7. The summed E-state index contributed by atoms with van der Waals surface area (Å²) in [7, 11) is 0. The maximum Gasteiger partial charge on any atom is 0.435 e. The van der Waals surface area contributed by atoms with Gasteiger partial charge in [-0.05, 0) is 112 Å². The van der Waals surface area contributed by atoms with Crippen LogP contribution >= 0.6 is 0 Å². The highest BCUT2D eigenvalue weighted by Crippen LogP contribution is 2.46. The fourth-order valence-electron chi connectivity index (χ4n) is 6.64. The summed E-state index contributed by atoms with van der Waals surface area (Å²) >= 11 is 0. The van der Waals surface area contributed by atoms with E-state index in [1.807, 2.05) is 6.07 Å². The number of hydrogen-bond acceptors (Lipinski definition) is 6. The Kier molecular flexibility index (Phi) is 8.42. The van der Waals surface area contributed by atoms with Gasteiger partial charge in [0, 0.05) is 23.6 Å². The van der Waals surface area contributed by atoms with Gasteiger partial charge in [-0.15, -0.1) is 0 Å². The highest BCUT2D eigenvalue weighted by molar-refractivity contribution is 5.75. The van der Waals surface area contributed by atoms with Crippen molar-refractivity contribution in [3.8, 4) is 5.82 Å². The number of aliphatic imine (C=N–C) groups is 1. The number of aromatic nitrogens is 4. The van der Waals surface area contributed by atoms with Gasteiger partial charge in [-0.25, -0.2) is 19.6 Å². The van der Waals surface area contributed by atoms with Crippen LogP contribution in [0.15, 0.2) is 53.3 Å². The highest BCUT2D eigenvalue weighted by Gasteiger charge is 2.37. The van der Waals surface area contributed by atoms with Crippen molar-refractivity contribution in [2.24, 2.45) is 10.7 Å². The highest BCUT2D eigenvalue weighted by atomic mass is 19.4. The van der Waals surface area contributed by atoms with Crippen LogP contribution in [-0.2, 0) is 17.0 Å². The minimum Gasteiger partial charge on any atom is -0.402 e. The summed E-state index contributed by atoms with van der Waals surface area (Å²) < 4.78 is 41.8. The Hall–Kier alpha value is -3.69. The normalized spacial score (nSPS) is 18.8. The molecule has 0 spiro atoms. The van der Waals surface area contributed by atoms with Gasteiger partial charge in [-0.1, -0.05) is 39.5 Å². The molecule has 10 heteroatoms. The monoisotopic (exact) mass is 607 g/mol. The van der Waals surface area contributed by atoms with Gasteiger partial charge < -0.3 is 10.6 Å². The lowest BCUT2D eigenvalue weighted by Crippen LogP contribution is -2.39. The SMILES string of the molecule is CC(N)=CC=Nc1cc(C2(C)CCCC2)cc(N(c2cc(C3(C)CCCC3)cc(-n3ccc(C(F)(F)F)n3)n2)C(C)(C)C)n1. The third-order valence-electron chi connectivity index (χ3n) is 9.19. The van der Waals surface area contributed by atoms with Crippen molar-refractivity contribution >= 4 is 23.7 Å². The van der Waals surface area contributed by atoms with E-state index in [9.17, 15) is 13.2 Å². The summed E-state index contributed by atoms with van der Waals surface area (Å²) in [5.74, 6) is 2.21. The van der Waals surface area contributed by atoms with E-state index in [2.05, 4.69) is 67.8 Å². The molecule has 2 fully saturated rings. The lowest BCUT2D eigenvalue weighted by atomic mass is 9.81. The van der Waals surface area contributed by atoms with Crippen molar-refractivity contribution in [2.75, 3.05) is 4.90 Å². The molecular weight excluding hydrogens is 563 g/mol. The van der Waals surface area contributed by atoms with Gasteiger partial charge in [-0.3, -0.25) is 0 Å². The Labute approximate surface area is 258 Å². The smallest absolute Gasteiger partial charge is 0.402 e. The molecule has 0 bridgehead atoms. The van der Waals surface area contributed by atoms with Gasteiger partial charge in [0.05, 0.1) is 0 Å². The van der Waals surface area contributed by atoms with Crippen molar-refractivity contribution in [3.63, 3.8) is 0 Å². The fraction of sp³-hybridized carbons (Fsp3) is 0.529. The van der Waals surface area contributed by atoms with E-state index in [1.165, 1.54) is 23.7 Å². The van der Waals surface area contributed by atoms with Crippen LogP contribution in [0.3, 0.4) is 0 Å². The predicted octanol–water partition coefficient (Wildman–Crippen LogP) is 8.85. The van der Waals surface area contributed by atoms with Gasteiger partial charge in [-0.2, -0.15) is 18.3 Å². The third kappa shape index (κ3) is 6.69. The zero-order valence-corrected chi connectivity index (χ0v) is 26.7. The largest absolute Gasteiger partial charge is 0.435 e. The van der Waals surface area contributed by atoms with E-state index in [0.29, 0.717) is 29.0 Å². The Bertz CT molecular complexity index is 1550. The average molecular weight is 608 g/mol. The molecule has 2 aliphatic carbocycles. The van der Waals surface area contributed by atoms with Crippen molar-refractivity contribution in [1.82, 2.24) is 19.7 Å². The maximum atomic E-state index is 13.5. The minimum atomic E-state index is -4.55. The second kappa shape index (κ2) is 11.7. The van der Waals surface area contributed by atoms with Gasteiger partial charge >= 0.3 is 6.18 Å². The number of pyridine rings is 2. The zero-order valence-electron chi connectivity index (χ0n) is 26.7. The first-order valence-corrected chi connectivity index (χ1v) is 15.5. The molecule has 3 heterocycles. The maximum absolute atomic E-state index is 13.5. The minimum absolute atomic E-state index is 0.00798. The lowest BCUT2D eigenvalue weighted by molar-refractivity contribution is -0.141. The Morgan fingerprint density at radius 3 is 1.95 bits per heavy atom. The van der Waals surface area contributed by atoms with Gasteiger partial charge in [0.2, 0.25) is 0 Å². The van der Waals surface area contributed by atoms with Crippen LogP contribution in [0.2, 0.25) is 0 Å². The third-order valence-corrected chi connectivity index (χ3v) is 9.19. The molecule has 44 heavy (non-hydrogen) atoms. The van der Waals surface area contributed by atoms with Crippen LogP contribution in [0.5, 0.6) is 0 Å². The van der Waals surface area contributed by atoms with Crippen LogP contribution in [0, 0.1) is 0 Å². The molecule has 7 nitrogen and oxygen atoms in total. The van der Waals surface area contributed by atoms with Crippen LogP contribution in [0.25, 0.3) is 5.82 Å². The Balaban J connectivity index is 1.71. The second-order valence-electron chi connectivity index (χ2n) is 14.0. The van der Waals surface area contributed by atoms with Crippen molar-refractivity contribution < 1.29 is 13.2 Å². The molecule has 0 radical (unpaired) electrons. The standard InChI is InChI=1S/C34H44F3N7/c1-23(38)11-17-39-27-19-24(32(5)13-7-8-14-32)21-29(40-27)44(31(2,3)4)30-22-25(33(6)15-9-10-16-33)20-28(41-30)43-18-12-26(42-43)34(35,36)37/h11-12,17-22H,7-10,13-16,38H2,1-6H3. The summed E-state index contributed by atoms with van der Waals surface area (Å²) in [6.45, 7) is 12.6. The van der Waals surface area contributed by atoms with Gasteiger partial charge in [0.1, 0.15) is 11.6 Å². The average Bonchev–Trinajstić information content (AvgIpc) is 3.69. The molecule has 5 rings (SSSR count). The summed E-state index contributed by atoms with van der Waals surface area (Å²) in [4.78, 5) is 16.7. The number of halogens is 3. The van der Waals surface area contributed by atoms with Crippen molar-refractivity contribution in [1.29, 1.82) is 0 Å². The topological polar surface area (TPSA) is 85.2 Å². The number of alkyl halides is 3. The Morgan fingerprint density at radius 1 is 0.909 bits per heavy atom. The summed E-state index contributed by atoms with van der Waals surface area (Å²) in [6, 6.07) is 9.17. The van der Waals surface area contributed by atoms with E-state index >= 15 is 0 Å². The van der Waals surface area contributed by atoms with Gasteiger partial charge in [0.15, 0.2) is 17.3 Å². The summed E-state index contributed by atoms with van der Waals surface area (Å²) in [5.41, 5.74) is 7.12. The van der Waals surface area contributed by atoms with Crippen LogP contribution in [0.4, 0.5) is 30.6 Å². The number of nitrogens with zero attached hydrogens (tertiary/aromatic N) is 6. The van der Waals surface area contributed by atoms with E-state index in [1.54, 1.807) is 19.2 Å². The molecule has 2 N–H and O–H groups in total. The first kappa shape index (κ1) is 31.7. The molecule has 236 valence electrons. The molecule has 3 aromatic rings. The number of allylic oxidation sites excluding steroid dienone is 2. The molecule has 0 aliphatic heterocycles. The number of nitrogens with two attached hydrogens (primary N) is 1. The Morgan fingerprint density at radius 2 is 1.45 bits per heavy atom. The molecule has 2 saturated carbocycles. The molecule has 0 aromatic carbocycles. The lowest BCUT2D eigenvalue weighted by Gasteiger charge is -2.38. The quantitative estimate of drug-likeness (QED) is 0.271. The van der Waals surface area contributed by atoms with Crippen LogP contribution < -0.4 is 10.6 Å². The first-order chi connectivity index (χ1) is 20.6. The molecule has 3 aromatic heterocycles. The van der Waals surface area contributed by atoms with Crippen molar-refractivity contribution in [3.05, 3.63) is 65.1 Å². The first-order valence-electron chi connectivity index (χ1n) is 15.5. The molecule has 0 unspecified atom stereocenters. The van der Waals surface area contributed by atoms with Crippen LogP contribution in [0.1, 0.15) is 110 Å². The number of hydrogen-bond donors (Lipinski definition) is 1. The van der Waals surface area contributed by atoms with E-state index in [4.69, 9.17) is 15.7 Å².